The van der Waals surface area contributed by atoms with Crippen LogP contribution in [0.25, 0.3) is 28.0 Å². The van der Waals surface area contributed by atoms with Gasteiger partial charge in [0.25, 0.3) is 0 Å². The molecule has 2 aromatic heterocycles. The lowest BCUT2D eigenvalue weighted by molar-refractivity contribution is -0.119. The van der Waals surface area contributed by atoms with Crippen LogP contribution in [0.3, 0.4) is 0 Å². The number of amides is 1. The smallest absolute Gasteiger partial charge is 0.230 e. The minimum Gasteiger partial charge on any atom is -0.360 e. The van der Waals surface area contributed by atoms with Gasteiger partial charge in [-0.3, -0.25) is 9.36 Å². The van der Waals surface area contributed by atoms with Gasteiger partial charge in [0.15, 0.2) is 11.0 Å². The average molecular weight is 446 g/mol. The van der Waals surface area contributed by atoms with Gasteiger partial charge in [0.1, 0.15) is 0 Å². The van der Waals surface area contributed by atoms with Crippen molar-refractivity contribution in [2.45, 2.75) is 50.2 Å². The Morgan fingerprint density at radius 2 is 1.97 bits per heavy atom. The molecular weight excluding hydrogens is 418 g/mol. The summed E-state index contributed by atoms with van der Waals surface area (Å²) in [6.07, 6.45) is 7.82. The van der Waals surface area contributed by atoms with Crippen LogP contribution in [0.15, 0.2) is 59.9 Å². The maximum absolute atomic E-state index is 12.6. The molecular formula is C25H27N5OS. The number of aryl methyl sites for hydroxylation is 1. The van der Waals surface area contributed by atoms with Crippen molar-refractivity contribution >= 4 is 28.6 Å². The molecule has 0 radical (unpaired) electrons. The number of thioether (sulfide) groups is 1. The lowest BCUT2D eigenvalue weighted by Crippen LogP contribution is -2.37. The molecule has 2 heterocycles. The molecule has 0 spiro atoms. The fraction of sp³-hybridized carbons (Fsp3) is 0.320. The van der Waals surface area contributed by atoms with Gasteiger partial charge in [0.2, 0.25) is 5.91 Å². The van der Waals surface area contributed by atoms with Gasteiger partial charge in [-0.05, 0) is 43.5 Å². The fourth-order valence-electron chi connectivity index (χ4n) is 4.44. The lowest BCUT2D eigenvalue weighted by atomic mass is 9.95. The summed E-state index contributed by atoms with van der Waals surface area (Å²) in [5.41, 5.74) is 4.20. The van der Waals surface area contributed by atoms with Gasteiger partial charge >= 0.3 is 0 Å². The number of H-pyrrole nitrogens is 1. The van der Waals surface area contributed by atoms with Gasteiger partial charge in [-0.1, -0.05) is 61.4 Å². The number of carbonyl (C=O) groups excluding carboxylic acids is 1. The predicted octanol–water partition coefficient (Wildman–Crippen LogP) is 5.27. The van der Waals surface area contributed by atoms with E-state index in [4.69, 9.17) is 0 Å². The summed E-state index contributed by atoms with van der Waals surface area (Å²) in [6, 6.07) is 16.8. The minimum absolute atomic E-state index is 0.0642. The van der Waals surface area contributed by atoms with E-state index in [1.807, 2.05) is 24.4 Å². The van der Waals surface area contributed by atoms with Crippen LogP contribution in [0.5, 0.6) is 0 Å². The molecule has 0 saturated heterocycles. The van der Waals surface area contributed by atoms with E-state index in [0.717, 1.165) is 51.5 Å². The quantitative estimate of drug-likeness (QED) is 0.397. The van der Waals surface area contributed by atoms with Gasteiger partial charge < -0.3 is 10.3 Å². The average Bonchev–Trinajstić information content (AvgIpc) is 3.42. The fourth-order valence-corrected chi connectivity index (χ4v) is 5.20. The number of hydrogen-bond donors (Lipinski definition) is 2. The predicted molar refractivity (Wildman–Crippen MR) is 129 cm³/mol. The number of carbonyl (C=O) groups is 1. The monoisotopic (exact) mass is 445 g/mol. The summed E-state index contributed by atoms with van der Waals surface area (Å²) < 4.78 is 2.06. The van der Waals surface area contributed by atoms with Crippen molar-refractivity contribution in [3.05, 3.63) is 60.3 Å². The molecule has 1 amide bonds. The Kier molecular flexibility index (Phi) is 5.99. The van der Waals surface area contributed by atoms with Crippen molar-refractivity contribution in [1.82, 2.24) is 25.1 Å². The van der Waals surface area contributed by atoms with Gasteiger partial charge in [0, 0.05) is 34.4 Å². The highest BCUT2D eigenvalue weighted by Crippen LogP contribution is 2.32. The Labute approximate surface area is 191 Å². The number of nitrogens with one attached hydrogen (secondary N) is 2. The highest BCUT2D eigenvalue weighted by molar-refractivity contribution is 7.99. The van der Waals surface area contributed by atoms with Gasteiger partial charge in [-0.15, -0.1) is 10.2 Å². The largest absolute Gasteiger partial charge is 0.360 e. The molecule has 32 heavy (non-hydrogen) atoms. The van der Waals surface area contributed by atoms with Crippen LogP contribution in [0.1, 0.15) is 37.7 Å². The first kappa shape index (κ1) is 20.8. The molecule has 1 aliphatic rings. The summed E-state index contributed by atoms with van der Waals surface area (Å²) in [4.78, 5) is 15.9. The number of nitrogens with zero attached hydrogens (tertiary/aromatic N) is 3. The maximum Gasteiger partial charge on any atom is 0.230 e. The third kappa shape index (κ3) is 4.30. The highest BCUT2D eigenvalue weighted by Gasteiger charge is 2.21. The molecule has 1 fully saturated rings. The Morgan fingerprint density at radius 1 is 1.12 bits per heavy atom. The molecule has 0 atom stereocenters. The van der Waals surface area contributed by atoms with Crippen LogP contribution in [0, 0.1) is 6.92 Å². The van der Waals surface area contributed by atoms with Crippen LogP contribution in [-0.2, 0) is 4.79 Å². The van der Waals surface area contributed by atoms with E-state index in [0.29, 0.717) is 11.8 Å². The van der Waals surface area contributed by atoms with Crippen molar-refractivity contribution in [3.63, 3.8) is 0 Å². The van der Waals surface area contributed by atoms with E-state index in [1.165, 1.54) is 31.0 Å². The molecule has 0 unspecified atom stereocenters. The Bertz CT molecular complexity index is 1240. The normalized spacial score (nSPS) is 14.7. The molecule has 5 rings (SSSR count). The number of para-hydroxylation sites is 1. The SMILES string of the molecule is Cc1cccc(-n2c(SCC(=O)NC3CCCCC3)nnc2-c2c[nH]c3ccccc23)c1. The summed E-state index contributed by atoms with van der Waals surface area (Å²) >= 11 is 1.44. The van der Waals surface area contributed by atoms with E-state index >= 15 is 0 Å². The van der Waals surface area contributed by atoms with E-state index in [9.17, 15) is 4.79 Å². The van der Waals surface area contributed by atoms with Crippen LogP contribution in [0.4, 0.5) is 0 Å². The number of rotatable bonds is 6. The lowest BCUT2D eigenvalue weighted by Gasteiger charge is -2.22. The molecule has 1 saturated carbocycles. The van der Waals surface area contributed by atoms with Crippen molar-refractivity contribution in [3.8, 4) is 17.1 Å². The zero-order chi connectivity index (χ0) is 21.9. The van der Waals surface area contributed by atoms with Crippen molar-refractivity contribution < 1.29 is 4.79 Å². The topological polar surface area (TPSA) is 75.6 Å². The number of benzene rings is 2. The van der Waals surface area contributed by atoms with E-state index in [2.05, 4.69) is 62.3 Å². The van der Waals surface area contributed by atoms with Crippen LogP contribution >= 0.6 is 11.8 Å². The molecule has 6 nitrogen and oxygen atoms in total. The van der Waals surface area contributed by atoms with Crippen molar-refractivity contribution in [2.75, 3.05) is 5.75 Å². The standard InChI is InChI=1S/C25H27N5OS/c1-17-8-7-11-19(14-17)30-24(21-15-26-22-13-6-5-12-20(21)22)28-29-25(30)32-16-23(31)27-18-9-3-2-4-10-18/h5-8,11-15,18,26H,2-4,9-10,16H2,1H3,(H,27,31). The van der Waals surface area contributed by atoms with Crippen molar-refractivity contribution in [2.24, 2.45) is 0 Å². The second-order valence-electron chi connectivity index (χ2n) is 8.42. The molecule has 2 aromatic carbocycles. The first-order valence-electron chi connectivity index (χ1n) is 11.2. The van der Waals surface area contributed by atoms with E-state index in [1.54, 1.807) is 0 Å². The summed E-state index contributed by atoms with van der Waals surface area (Å²) in [6.45, 7) is 2.07. The molecule has 7 heteroatoms. The Balaban J connectivity index is 1.46. The van der Waals surface area contributed by atoms with Crippen LogP contribution < -0.4 is 5.32 Å². The summed E-state index contributed by atoms with van der Waals surface area (Å²) in [7, 11) is 0. The number of aromatic amines is 1. The number of fused-ring (bicyclic) bond motifs is 1. The van der Waals surface area contributed by atoms with Crippen molar-refractivity contribution in [1.29, 1.82) is 0 Å². The number of hydrogen-bond acceptors (Lipinski definition) is 4. The Hall–Kier alpha value is -3.06. The first-order valence-corrected chi connectivity index (χ1v) is 12.2. The third-order valence-electron chi connectivity index (χ3n) is 6.03. The molecule has 2 N–H and O–H groups in total. The summed E-state index contributed by atoms with van der Waals surface area (Å²) in [5, 5.41) is 14.0. The van der Waals surface area contributed by atoms with E-state index in [-0.39, 0.29) is 5.91 Å². The van der Waals surface area contributed by atoms with Crippen LogP contribution in [0.2, 0.25) is 0 Å². The second kappa shape index (κ2) is 9.20. The maximum atomic E-state index is 12.6. The van der Waals surface area contributed by atoms with Gasteiger partial charge in [-0.2, -0.15) is 0 Å². The molecule has 4 aromatic rings. The molecule has 0 aliphatic heterocycles. The Morgan fingerprint density at radius 3 is 2.81 bits per heavy atom. The first-order chi connectivity index (χ1) is 15.7. The highest BCUT2D eigenvalue weighted by atomic mass is 32.2. The van der Waals surface area contributed by atoms with Gasteiger partial charge in [0.05, 0.1) is 5.75 Å². The third-order valence-corrected chi connectivity index (χ3v) is 6.95. The zero-order valence-electron chi connectivity index (χ0n) is 18.2. The van der Waals surface area contributed by atoms with E-state index < -0.39 is 0 Å². The molecule has 1 aliphatic carbocycles. The second-order valence-corrected chi connectivity index (χ2v) is 9.36. The number of aromatic nitrogens is 4. The zero-order valence-corrected chi connectivity index (χ0v) is 19.0. The molecule has 0 bridgehead atoms. The van der Waals surface area contributed by atoms with Crippen LogP contribution in [-0.4, -0.2) is 37.5 Å². The molecule has 164 valence electrons. The minimum atomic E-state index is 0.0642. The summed E-state index contributed by atoms with van der Waals surface area (Å²) in [5.74, 6) is 1.16. The van der Waals surface area contributed by atoms with Gasteiger partial charge in [-0.25, -0.2) is 0 Å².